The number of amidine groups is 1. The molecule has 0 bridgehead atoms. The molecule has 0 radical (unpaired) electrons. The first-order valence-corrected chi connectivity index (χ1v) is 13.2. The minimum Gasteiger partial charge on any atom is -0.481 e. The number of rotatable bonds is 9. The van der Waals surface area contributed by atoms with E-state index in [1.165, 1.54) is 23.5 Å². The Kier molecular flexibility index (Phi) is 8.83. The fourth-order valence-electron chi connectivity index (χ4n) is 4.22. The summed E-state index contributed by atoms with van der Waals surface area (Å²) in [6.45, 7) is 3.68. The summed E-state index contributed by atoms with van der Waals surface area (Å²) in [5.74, 6) is -1.33. The van der Waals surface area contributed by atoms with Crippen LogP contribution in [0.1, 0.15) is 36.4 Å². The first kappa shape index (κ1) is 26.4. The molecule has 0 unspecified atom stereocenters. The Morgan fingerprint density at radius 1 is 1.42 bits per heavy atom. The normalized spacial score (nSPS) is 20.6. The molecule has 192 valence electrons. The van der Waals surface area contributed by atoms with Gasteiger partial charge in [-0.1, -0.05) is 22.0 Å². The van der Waals surface area contributed by atoms with Crippen molar-refractivity contribution in [1.29, 1.82) is 0 Å². The fraction of sp³-hybridized carbons (Fsp3) is 0.417. The molecule has 12 heteroatoms. The summed E-state index contributed by atoms with van der Waals surface area (Å²) in [4.78, 5) is 35.8. The number of aliphatic carboxylic acids is 1. The van der Waals surface area contributed by atoms with Crippen LogP contribution >= 0.6 is 27.3 Å². The van der Waals surface area contributed by atoms with Crippen molar-refractivity contribution in [2.24, 2.45) is 4.99 Å². The number of aliphatic imine (C=N–C) groups is 1. The highest BCUT2D eigenvalue weighted by Gasteiger charge is 2.36. The topological polar surface area (TPSA) is 113 Å². The first-order chi connectivity index (χ1) is 17.4. The van der Waals surface area contributed by atoms with Crippen LogP contribution in [0.3, 0.4) is 0 Å². The largest absolute Gasteiger partial charge is 0.481 e. The highest BCUT2D eigenvalue weighted by molar-refractivity contribution is 9.10. The lowest BCUT2D eigenvalue weighted by Gasteiger charge is -2.37. The lowest BCUT2D eigenvalue weighted by molar-refractivity contribution is -0.139. The van der Waals surface area contributed by atoms with Crippen molar-refractivity contribution in [3.8, 4) is 0 Å². The Hall–Kier alpha value is -2.67. The molecule has 2 N–H and O–H groups in total. The number of carbonyl (C=O) groups excluding carboxylic acids is 1. The minimum absolute atomic E-state index is 0.0126. The highest BCUT2D eigenvalue weighted by Crippen LogP contribution is 2.37. The molecule has 2 atom stereocenters. The van der Waals surface area contributed by atoms with Crippen LogP contribution in [0, 0.1) is 5.82 Å². The van der Waals surface area contributed by atoms with Gasteiger partial charge in [0.05, 0.1) is 25.4 Å². The first-order valence-electron chi connectivity index (χ1n) is 11.5. The third-order valence-corrected chi connectivity index (χ3v) is 7.38. The van der Waals surface area contributed by atoms with E-state index in [1.54, 1.807) is 19.2 Å². The molecule has 36 heavy (non-hydrogen) atoms. The third kappa shape index (κ3) is 6.17. The highest BCUT2D eigenvalue weighted by atomic mass is 79.9. The lowest BCUT2D eigenvalue weighted by Crippen LogP contribution is -2.49. The molecule has 1 aromatic heterocycles. The zero-order chi connectivity index (χ0) is 25.7. The van der Waals surface area contributed by atoms with Crippen molar-refractivity contribution >= 4 is 45.0 Å². The summed E-state index contributed by atoms with van der Waals surface area (Å²) >= 11 is 4.83. The van der Waals surface area contributed by atoms with Crippen molar-refractivity contribution in [1.82, 2.24) is 15.2 Å². The van der Waals surface area contributed by atoms with Crippen LogP contribution in [-0.2, 0) is 19.1 Å². The third-order valence-electron chi connectivity index (χ3n) is 5.92. The average molecular weight is 581 g/mol. The van der Waals surface area contributed by atoms with E-state index in [4.69, 9.17) is 14.5 Å². The van der Waals surface area contributed by atoms with E-state index in [2.05, 4.69) is 31.1 Å². The molecule has 1 fully saturated rings. The van der Waals surface area contributed by atoms with E-state index in [0.717, 1.165) is 0 Å². The van der Waals surface area contributed by atoms with Crippen LogP contribution < -0.4 is 5.32 Å². The van der Waals surface area contributed by atoms with Crippen molar-refractivity contribution < 1.29 is 28.6 Å². The summed E-state index contributed by atoms with van der Waals surface area (Å²) in [7, 11) is 0. The number of carboxylic acids is 1. The molecule has 4 rings (SSSR count). The number of benzene rings is 1. The second-order valence-electron chi connectivity index (χ2n) is 8.25. The second kappa shape index (κ2) is 12.0. The predicted octanol–water partition coefficient (Wildman–Crippen LogP) is 3.52. The summed E-state index contributed by atoms with van der Waals surface area (Å²) < 4.78 is 25.4. The number of nitrogens with one attached hydrogen (secondary N) is 1. The molecule has 0 aliphatic carbocycles. The van der Waals surface area contributed by atoms with Crippen LogP contribution in [0.25, 0.3) is 0 Å². The molecule has 9 nitrogen and oxygen atoms in total. The van der Waals surface area contributed by atoms with Crippen molar-refractivity contribution in [3.05, 3.63) is 61.9 Å². The van der Waals surface area contributed by atoms with Crippen LogP contribution in [0.4, 0.5) is 4.39 Å². The fourth-order valence-corrected chi connectivity index (χ4v) is 5.38. The lowest BCUT2D eigenvalue weighted by atomic mass is 9.95. The second-order valence-corrected chi connectivity index (χ2v) is 10.0. The number of carboxylic acid groups (broad SMARTS) is 1. The Morgan fingerprint density at radius 3 is 2.94 bits per heavy atom. The Labute approximate surface area is 220 Å². The number of ether oxygens (including phenoxy) is 2. The predicted molar refractivity (Wildman–Crippen MR) is 135 cm³/mol. The number of hydrogen-bond donors (Lipinski definition) is 2. The van der Waals surface area contributed by atoms with E-state index in [-0.39, 0.29) is 19.1 Å². The van der Waals surface area contributed by atoms with Gasteiger partial charge in [0.2, 0.25) is 0 Å². The van der Waals surface area contributed by atoms with E-state index in [9.17, 15) is 19.1 Å². The van der Waals surface area contributed by atoms with E-state index < -0.39 is 23.8 Å². The van der Waals surface area contributed by atoms with E-state index in [1.807, 2.05) is 5.38 Å². The summed E-state index contributed by atoms with van der Waals surface area (Å²) in [6, 6.07) is 3.35. The standard InChI is InChI=1S/C24H26BrFN4O5S/c1-2-35-24(33)20-18(12-30-8-9-34-13-15(30)4-6-19(31)32)28-22(23-27-7-10-36-23)29-21(20)16-5-3-14(26)11-17(16)25/h3,5,7,10-11,15,21H,2,4,6,8-9,12-13H2,1H3,(H,28,29)(H,31,32)/t15-,21-/m1/s1. The van der Waals surface area contributed by atoms with Gasteiger partial charge in [-0.3, -0.25) is 14.7 Å². The maximum atomic E-state index is 13.9. The average Bonchev–Trinajstić information content (AvgIpc) is 3.38. The molecule has 0 saturated carbocycles. The van der Waals surface area contributed by atoms with Gasteiger partial charge in [-0.25, -0.2) is 14.2 Å². The smallest absolute Gasteiger partial charge is 0.338 e. The monoisotopic (exact) mass is 580 g/mol. The van der Waals surface area contributed by atoms with Gasteiger partial charge in [-0.2, -0.15) is 0 Å². The molecule has 0 amide bonds. The van der Waals surface area contributed by atoms with Gasteiger partial charge in [-0.05, 0) is 31.0 Å². The Bertz CT molecular complexity index is 1170. The van der Waals surface area contributed by atoms with Crippen LogP contribution in [-0.4, -0.2) is 71.7 Å². The SMILES string of the molecule is CCOC(=O)C1=C(CN2CCOC[C@H]2CCC(=O)O)NC(c2nccs2)=N[C@@H]1c1ccc(F)cc1Br. The maximum Gasteiger partial charge on any atom is 0.338 e. The van der Waals surface area contributed by atoms with Gasteiger partial charge in [0.25, 0.3) is 0 Å². The van der Waals surface area contributed by atoms with Crippen LogP contribution in [0.2, 0.25) is 0 Å². The number of morpholine rings is 1. The zero-order valence-electron chi connectivity index (χ0n) is 19.6. The summed E-state index contributed by atoms with van der Waals surface area (Å²) in [6.07, 6.45) is 2.09. The van der Waals surface area contributed by atoms with Gasteiger partial charge in [-0.15, -0.1) is 11.3 Å². The van der Waals surface area contributed by atoms with Crippen LogP contribution in [0.5, 0.6) is 0 Å². The van der Waals surface area contributed by atoms with Gasteiger partial charge < -0.3 is 19.9 Å². The molecular weight excluding hydrogens is 555 g/mol. The number of halogens is 2. The molecule has 0 spiro atoms. The number of aromatic nitrogens is 1. The Balaban J connectivity index is 1.78. The number of esters is 1. The van der Waals surface area contributed by atoms with Crippen LogP contribution in [0.15, 0.2) is 50.5 Å². The Morgan fingerprint density at radius 2 is 2.25 bits per heavy atom. The number of hydrogen-bond acceptors (Lipinski definition) is 9. The van der Waals surface area contributed by atoms with Crippen molar-refractivity contribution in [2.45, 2.75) is 31.8 Å². The van der Waals surface area contributed by atoms with Crippen molar-refractivity contribution in [3.63, 3.8) is 0 Å². The number of carbonyl (C=O) groups is 2. The van der Waals surface area contributed by atoms with Gasteiger partial charge >= 0.3 is 11.9 Å². The molecule has 2 aliphatic rings. The van der Waals surface area contributed by atoms with E-state index in [0.29, 0.717) is 64.9 Å². The molecular formula is C24H26BrFN4O5S. The minimum atomic E-state index is -0.873. The van der Waals surface area contributed by atoms with Gasteiger partial charge in [0.15, 0.2) is 10.8 Å². The molecule has 2 aromatic rings. The summed E-state index contributed by atoms with van der Waals surface area (Å²) in [5, 5.41) is 14.9. The van der Waals surface area contributed by atoms with Crippen molar-refractivity contribution in [2.75, 3.05) is 32.9 Å². The van der Waals surface area contributed by atoms with Gasteiger partial charge in [0, 0.05) is 47.3 Å². The zero-order valence-corrected chi connectivity index (χ0v) is 22.0. The molecule has 3 heterocycles. The van der Waals surface area contributed by atoms with E-state index >= 15 is 0 Å². The van der Waals surface area contributed by atoms with Gasteiger partial charge in [0.1, 0.15) is 11.9 Å². The molecule has 1 aromatic carbocycles. The number of nitrogens with zero attached hydrogens (tertiary/aromatic N) is 3. The maximum absolute atomic E-state index is 13.9. The quantitative estimate of drug-likeness (QED) is 0.433. The summed E-state index contributed by atoms with van der Waals surface area (Å²) in [5.41, 5.74) is 1.50. The molecule has 2 aliphatic heterocycles. The molecule has 1 saturated heterocycles. The number of thiazole rings is 1.